The van der Waals surface area contributed by atoms with E-state index in [1.807, 2.05) is 12.3 Å². The Kier molecular flexibility index (Phi) is 3.56. The molecule has 28 heavy (non-hydrogen) atoms. The fourth-order valence-electron chi connectivity index (χ4n) is 6.17. The molecule has 0 amide bonds. The third kappa shape index (κ3) is 2.26. The molecule has 1 aromatic heterocycles. The number of nitrogens with one attached hydrogen (secondary N) is 3. The molecule has 8 heteroatoms. The van der Waals surface area contributed by atoms with E-state index in [2.05, 4.69) is 18.8 Å². The highest BCUT2D eigenvalue weighted by atomic mass is 32.2. The summed E-state index contributed by atoms with van der Waals surface area (Å²) in [5.74, 6) is 0.434. The van der Waals surface area contributed by atoms with Gasteiger partial charge in [0, 0.05) is 31.2 Å². The molecular formula is C20H28N4O3S+2. The molecule has 3 N–H and O–H groups in total. The lowest BCUT2D eigenvalue weighted by atomic mass is 9.62. The highest BCUT2D eigenvalue weighted by molar-refractivity contribution is 7.89. The molecular weight excluding hydrogens is 376 g/mol. The van der Waals surface area contributed by atoms with Gasteiger partial charge in [-0.05, 0) is 32.0 Å². The van der Waals surface area contributed by atoms with E-state index in [4.69, 9.17) is 0 Å². The molecule has 0 aliphatic carbocycles. The van der Waals surface area contributed by atoms with Crippen LogP contribution < -0.4 is 9.80 Å². The number of sulfonamides is 1. The number of Topliss-reactive ketones (excluding diaryl/α,β-unsaturated/α-hetero) is 1. The quantitative estimate of drug-likeness (QED) is 0.602. The van der Waals surface area contributed by atoms with Crippen molar-refractivity contribution in [2.75, 3.05) is 40.3 Å². The number of rotatable bonds is 3. The predicted octanol–water partition coefficient (Wildman–Crippen LogP) is -1.19. The number of quaternary nitrogens is 2. The van der Waals surface area contributed by atoms with Gasteiger partial charge >= 0.3 is 0 Å². The monoisotopic (exact) mass is 404 g/mol. The van der Waals surface area contributed by atoms with Crippen LogP contribution >= 0.6 is 0 Å². The molecule has 0 saturated carbocycles. The smallest absolute Gasteiger partial charge is 0.242 e. The van der Waals surface area contributed by atoms with Crippen molar-refractivity contribution in [1.82, 2.24) is 9.29 Å². The molecule has 6 rings (SSSR count). The van der Waals surface area contributed by atoms with Crippen molar-refractivity contribution in [3.05, 3.63) is 30.0 Å². The van der Waals surface area contributed by atoms with Crippen molar-refractivity contribution in [2.45, 2.75) is 24.9 Å². The minimum absolute atomic E-state index is 0.236. The van der Waals surface area contributed by atoms with Crippen LogP contribution in [0.5, 0.6) is 0 Å². The summed E-state index contributed by atoms with van der Waals surface area (Å²) in [5.41, 5.74) is 1.64. The van der Waals surface area contributed by atoms with Crippen molar-refractivity contribution in [2.24, 2.45) is 10.8 Å². The Labute approximate surface area is 165 Å². The maximum Gasteiger partial charge on any atom is 0.242 e. The number of piperidine rings is 2. The second-order valence-corrected chi connectivity index (χ2v) is 11.8. The number of aromatic nitrogens is 1. The summed E-state index contributed by atoms with van der Waals surface area (Å²) in [6, 6.07) is 5.32. The summed E-state index contributed by atoms with van der Waals surface area (Å²) in [6.45, 7) is 7.68. The zero-order valence-corrected chi connectivity index (χ0v) is 17.6. The van der Waals surface area contributed by atoms with Crippen LogP contribution in [0.25, 0.3) is 10.9 Å². The number of hydrogen-bond acceptors (Lipinski definition) is 3. The molecule has 0 unspecified atom stereocenters. The fourth-order valence-corrected chi connectivity index (χ4v) is 7.10. The molecule has 4 fully saturated rings. The van der Waals surface area contributed by atoms with Crippen molar-refractivity contribution in [3.8, 4) is 0 Å². The Morgan fingerprint density at radius 2 is 1.64 bits per heavy atom. The summed E-state index contributed by atoms with van der Waals surface area (Å²) in [4.78, 5) is 19.5. The van der Waals surface area contributed by atoms with Crippen LogP contribution in [0.15, 0.2) is 29.3 Å². The van der Waals surface area contributed by atoms with Gasteiger partial charge in [-0.3, -0.25) is 14.6 Å². The van der Waals surface area contributed by atoms with Crippen LogP contribution in [0.4, 0.5) is 0 Å². The van der Waals surface area contributed by atoms with E-state index in [1.54, 1.807) is 26.2 Å². The summed E-state index contributed by atoms with van der Waals surface area (Å²) < 4.78 is 26.5. The Balaban J connectivity index is 1.61. The van der Waals surface area contributed by atoms with Gasteiger partial charge in [-0.25, -0.2) is 12.7 Å². The first kappa shape index (κ1) is 18.3. The molecule has 0 spiro atoms. The standard InChI is InChI=1S/C20H26N4O3S/c1-19-9-23-11-20(2,18(19)25)12-24(10-19)17(23)15-8-21-16-6-5-13(7-14(15)16)28(26,27)22(3)4/h5-8,17,21H,9-12H2,1-4H3/p+2. The average molecular weight is 405 g/mol. The average Bonchev–Trinajstić information content (AvgIpc) is 3.01. The fraction of sp³-hybridized carbons (Fsp3) is 0.550. The summed E-state index contributed by atoms with van der Waals surface area (Å²) in [6.07, 6.45) is 2.27. The van der Waals surface area contributed by atoms with Gasteiger partial charge in [0.2, 0.25) is 16.2 Å². The third-order valence-corrected chi connectivity index (χ3v) is 8.97. The number of benzene rings is 1. The van der Waals surface area contributed by atoms with Crippen LogP contribution in [0.2, 0.25) is 0 Å². The number of hydrogen-bond donors (Lipinski definition) is 3. The van der Waals surface area contributed by atoms with E-state index in [9.17, 15) is 13.2 Å². The van der Waals surface area contributed by atoms with E-state index < -0.39 is 10.0 Å². The molecule has 1 aromatic carbocycles. The molecule has 4 aliphatic heterocycles. The van der Waals surface area contributed by atoms with Gasteiger partial charge in [0.15, 0.2) is 5.78 Å². The number of fused-ring (bicyclic) bond motifs is 1. The number of nitrogens with zero attached hydrogens (tertiary/aromatic N) is 1. The molecule has 4 bridgehead atoms. The molecule has 0 radical (unpaired) electrons. The van der Waals surface area contributed by atoms with E-state index >= 15 is 0 Å². The lowest BCUT2D eigenvalue weighted by Gasteiger charge is -2.58. The first-order chi connectivity index (χ1) is 13.1. The van der Waals surface area contributed by atoms with Crippen molar-refractivity contribution in [3.63, 3.8) is 0 Å². The highest BCUT2D eigenvalue weighted by Crippen LogP contribution is 2.37. The molecule has 4 saturated heterocycles. The van der Waals surface area contributed by atoms with Gasteiger partial charge < -0.3 is 4.98 Å². The van der Waals surface area contributed by atoms with Gasteiger partial charge in [-0.2, -0.15) is 0 Å². The maximum absolute atomic E-state index is 12.9. The van der Waals surface area contributed by atoms with Crippen molar-refractivity contribution in [1.29, 1.82) is 0 Å². The Bertz CT molecular complexity index is 1060. The van der Waals surface area contributed by atoms with E-state index in [-0.39, 0.29) is 17.0 Å². The molecule has 4 aliphatic rings. The highest BCUT2D eigenvalue weighted by Gasteiger charge is 2.68. The zero-order valence-electron chi connectivity index (χ0n) is 16.8. The lowest BCUT2D eigenvalue weighted by Crippen LogP contribution is -3.41. The number of carbonyl (C=O) groups is 1. The first-order valence-corrected chi connectivity index (χ1v) is 11.3. The molecule has 150 valence electrons. The minimum Gasteiger partial charge on any atom is -0.360 e. The third-order valence-electron chi connectivity index (χ3n) is 7.16. The topological polar surface area (TPSA) is 79.1 Å². The summed E-state index contributed by atoms with van der Waals surface area (Å²) >= 11 is 0. The minimum atomic E-state index is -3.48. The van der Waals surface area contributed by atoms with Gasteiger partial charge in [0.25, 0.3) is 0 Å². The number of ketones is 1. The number of H-pyrrole nitrogens is 1. The van der Waals surface area contributed by atoms with Gasteiger partial charge in [-0.15, -0.1) is 0 Å². The number of carbonyl (C=O) groups excluding carboxylic acids is 1. The Morgan fingerprint density at radius 3 is 2.18 bits per heavy atom. The Morgan fingerprint density at radius 1 is 1.07 bits per heavy atom. The van der Waals surface area contributed by atoms with Crippen LogP contribution in [0.3, 0.4) is 0 Å². The second kappa shape index (κ2) is 5.44. The lowest BCUT2D eigenvalue weighted by molar-refractivity contribution is -1.18. The molecule has 2 aromatic rings. The first-order valence-electron chi connectivity index (χ1n) is 9.83. The van der Waals surface area contributed by atoms with Gasteiger partial charge in [0.1, 0.15) is 10.8 Å². The van der Waals surface area contributed by atoms with Crippen LogP contribution in [-0.4, -0.2) is 63.8 Å². The van der Waals surface area contributed by atoms with Gasteiger partial charge in [0.05, 0.1) is 36.6 Å². The van der Waals surface area contributed by atoms with Gasteiger partial charge in [-0.1, -0.05) is 0 Å². The normalized spacial score (nSPS) is 37.3. The molecule has 0 atom stereocenters. The molecule has 5 heterocycles. The summed E-state index contributed by atoms with van der Waals surface area (Å²) in [7, 11) is -0.370. The van der Waals surface area contributed by atoms with E-state index in [0.29, 0.717) is 10.7 Å². The van der Waals surface area contributed by atoms with Crippen molar-refractivity contribution >= 4 is 26.7 Å². The van der Waals surface area contributed by atoms with Crippen LogP contribution in [0, 0.1) is 10.8 Å². The Hall–Kier alpha value is -1.74. The van der Waals surface area contributed by atoms with Crippen LogP contribution in [0.1, 0.15) is 25.6 Å². The molecule has 7 nitrogen and oxygen atoms in total. The van der Waals surface area contributed by atoms with E-state index in [0.717, 1.165) is 42.6 Å². The summed E-state index contributed by atoms with van der Waals surface area (Å²) in [5, 5.41) is 0.974. The van der Waals surface area contributed by atoms with E-state index in [1.165, 1.54) is 14.1 Å². The number of aromatic amines is 1. The second-order valence-electron chi connectivity index (χ2n) is 9.65. The zero-order chi connectivity index (χ0) is 20.1. The largest absolute Gasteiger partial charge is 0.360 e. The van der Waals surface area contributed by atoms with Crippen molar-refractivity contribution < 1.29 is 23.0 Å². The van der Waals surface area contributed by atoms with Crippen LogP contribution in [-0.2, 0) is 14.8 Å². The predicted molar refractivity (Wildman–Crippen MR) is 105 cm³/mol. The SMILES string of the molecule is CN(C)S(=O)(=O)c1ccc2[nH]cc(C3[NH+]4CC5(C)C[NH+]3CC(C)(C4)C5=O)c2c1. The maximum atomic E-state index is 12.9.